The summed E-state index contributed by atoms with van der Waals surface area (Å²) in [5.74, 6) is 0. The molecule has 2 rings (SSSR count). The maximum atomic E-state index is 12.9. The number of fused-ring (bicyclic) bond motifs is 1. The number of alkyl halides is 1. The Kier molecular flexibility index (Phi) is 6.11. The van der Waals surface area contributed by atoms with Gasteiger partial charge >= 0.3 is 12.2 Å². The van der Waals surface area contributed by atoms with Crippen molar-refractivity contribution in [2.24, 2.45) is 5.73 Å². The van der Waals surface area contributed by atoms with E-state index < -0.39 is 28.3 Å². The molecule has 0 aliphatic carbocycles. The molecule has 1 heterocycles. The maximum Gasteiger partial charge on any atom is 0.424 e. The molecule has 1 unspecified atom stereocenters. The molecule has 0 radical (unpaired) electrons. The summed E-state index contributed by atoms with van der Waals surface area (Å²) in [6, 6.07) is 6.93. The van der Waals surface area contributed by atoms with E-state index in [1.807, 2.05) is 6.07 Å². The number of ether oxygens (including phenoxy) is 2. The van der Waals surface area contributed by atoms with Crippen LogP contribution in [0.25, 0.3) is 10.8 Å². The second kappa shape index (κ2) is 7.82. The SMILES string of the molecule is CC(C)(C)OC(=O)N(C(=O)OC(C)(C)C(N)Br)c1cccc2cnccc12. The van der Waals surface area contributed by atoms with Crippen molar-refractivity contribution in [3.8, 4) is 0 Å². The van der Waals surface area contributed by atoms with Crippen molar-refractivity contribution < 1.29 is 19.1 Å². The summed E-state index contributed by atoms with van der Waals surface area (Å²) in [4.78, 5) is 30.1. The summed E-state index contributed by atoms with van der Waals surface area (Å²) in [6.45, 7) is 8.45. The van der Waals surface area contributed by atoms with Crippen molar-refractivity contribution in [3.63, 3.8) is 0 Å². The molecule has 8 heteroatoms. The summed E-state index contributed by atoms with van der Waals surface area (Å²) in [5, 5.41) is 1.43. The minimum atomic E-state index is -1.05. The molecule has 0 aliphatic heterocycles. The molecule has 0 bridgehead atoms. The van der Waals surface area contributed by atoms with Gasteiger partial charge in [-0.15, -0.1) is 0 Å². The first-order valence-electron chi connectivity index (χ1n) is 8.41. The van der Waals surface area contributed by atoms with Gasteiger partial charge in [-0.1, -0.05) is 28.1 Å². The third kappa shape index (κ3) is 5.17. The van der Waals surface area contributed by atoms with Gasteiger partial charge in [-0.3, -0.25) is 4.98 Å². The van der Waals surface area contributed by atoms with Gasteiger partial charge in [-0.25, -0.2) is 9.59 Å². The van der Waals surface area contributed by atoms with E-state index in [4.69, 9.17) is 15.2 Å². The lowest BCUT2D eigenvalue weighted by Gasteiger charge is -2.32. The number of imide groups is 1. The highest BCUT2D eigenvalue weighted by molar-refractivity contribution is 9.09. The molecule has 0 saturated carbocycles. The van der Waals surface area contributed by atoms with E-state index in [1.54, 1.807) is 65.2 Å². The molecular formula is C19H24BrN3O4. The number of halogens is 1. The number of carbonyl (C=O) groups is 2. The van der Waals surface area contributed by atoms with Crippen LogP contribution in [-0.2, 0) is 9.47 Å². The van der Waals surface area contributed by atoms with Gasteiger partial charge < -0.3 is 15.2 Å². The van der Waals surface area contributed by atoms with Crippen molar-refractivity contribution in [1.29, 1.82) is 0 Å². The number of hydrogen-bond donors (Lipinski definition) is 1. The zero-order valence-electron chi connectivity index (χ0n) is 16.0. The Morgan fingerprint density at radius 2 is 1.74 bits per heavy atom. The van der Waals surface area contributed by atoms with E-state index in [2.05, 4.69) is 20.9 Å². The number of benzene rings is 1. The summed E-state index contributed by atoms with van der Waals surface area (Å²) >= 11 is 3.21. The number of nitrogens with zero attached hydrogens (tertiary/aromatic N) is 2. The number of anilines is 1. The fourth-order valence-corrected chi connectivity index (χ4v) is 2.30. The molecular weight excluding hydrogens is 414 g/mol. The summed E-state index contributed by atoms with van der Waals surface area (Å²) in [7, 11) is 0. The fourth-order valence-electron chi connectivity index (χ4n) is 2.21. The topological polar surface area (TPSA) is 94.8 Å². The molecule has 1 atom stereocenters. The highest BCUT2D eigenvalue weighted by Crippen LogP contribution is 2.30. The van der Waals surface area contributed by atoms with Crippen molar-refractivity contribution >= 4 is 44.6 Å². The van der Waals surface area contributed by atoms with Crippen LogP contribution in [0.4, 0.5) is 15.3 Å². The Bertz CT molecular complexity index is 841. The number of nitrogens with two attached hydrogens (primary N) is 1. The molecule has 2 amide bonds. The van der Waals surface area contributed by atoms with Crippen molar-refractivity contribution in [2.45, 2.75) is 50.8 Å². The monoisotopic (exact) mass is 437 g/mol. The smallest absolute Gasteiger partial charge is 0.424 e. The van der Waals surface area contributed by atoms with Crippen LogP contribution in [0.3, 0.4) is 0 Å². The molecule has 2 aromatic rings. The summed E-state index contributed by atoms with van der Waals surface area (Å²) < 4.78 is 10.9. The lowest BCUT2D eigenvalue weighted by atomic mass is 10.1. The largest absolute Gasteiger partial charge is 0.443 e. The molecule has 1 aromatic carbocycles. The van der Waals surface area contributed by atoms with Crippen LogP contribution in [0.1, 0.15) is 34.6 Å². The molecule has 0 fully saturated rings. The number of amides is 2. The fraction of sp³-hybridized carbons (Fsp3) is 0.421. The Hall–Kier alpha value is -2.19. The summed E-state index contributed by atoms with van der Waals surface area (Å²) in [6.07, 6.45) is 1.52. The van der Waals surface area contributed by atoms with Gasteiger partial charge in [0.2, 0.25) is 0 Å². The average molecular weight is 438 g/mol. The van der Waals surface area contributed by atoms with Crippen LogP contribution in [0.15, 0.2) is 36.7 Å². The summed E-state index contributed by atoms with van der Waals surface area (Å²) in [5.41, 5.74) is 4.32. The predicted octanol–water partition coefficient (Wildman–Crippen LogP) is 4.57. The van der Waals surface area contributed by atoms with E-state index in [1.165, 1.54) is 0 Å². The molecule has 27 heavy (non-hydrogen) atoms. The average Bonchev–Trinajstić information content (AvgIpc) is 2.53. The molecule has 2 N–H and O–H groups in total. The minimum Gasteiger partial charge on any atom is -0.443 e. The van der Waals surface area contributed by atoms with Crippen LogP contribution >= 0.6 is 15.9 Å². The Balaban J connectivity index is 2.53. The van der Waals surface area contributed by atoms with Crippen molar-refractivity contribution in [2.75, 3.05) is 4.90 Å². The number of aromatic nitrogens is 1. The number of carbonyl (C=O) groups excluding carboxylic acids is 2. The quantitative estimate of drug-likeness (QED) is 0.557. The van der Waals surface area contributed by atoms with Gasteiger partial charge in [0, 0.05) is 23.2 Å². The van der Waals surface area contributed by atoms with Crippen molar-refractivity contribution in [1.82, 2.24) is 4.98 Å². The Morgan fingerprint density at radius 3 is 2.33 bits per heavy atom. The number of rotatable bonds is 3. The molecule has 0 saturated heterocycles. The standard InChI is InChI=1S/C19H24BrN3O4/c1-18(2,3)26-16(24)23(17(25)27-19(4,5)15(20)21)14-8-6-7-12-11-22-10-9-13(12)14/h6-11,15H,21H2,1-5H3. The van der Waals surface area contributed by atoms with E-state index in [0.29, 0.717) is 11.1 Å². The van der Waals surface area contributed by atoms with E-state index >= 15 is 0 Å². The zero-order valence-corrected chi connectivity index (χ0v) is 17.6. The van der Waals surface area contributed by atoms with Crippen LogP contribution < -0.4 is 10.6 Å². The molecule has 146 valence electrons. The lowest BCUT2D eigenvalue weighted by Crippen LogP contribution is -2.48. The normalized spacial score (nSPS) is 13.1. The van der Waals surface area contributed by atoms with Gasteiger partial charge in [-0.05, 0) is 46.8 Å². The Morgan fingerprint density at radius 1 is 1.11 bits per heavy atom. The first-order chi connectivity index (χ1) is 12.4. The minimum absolute atomic E-state index is 0.341. The molecule has 0 spiro atoms. The number of hydrogen-bond acceptors (Lipinski definition) is 6. The highest BCUT2D eigenvalue weighted by atomic mass is 79.9. The third-order valence-corrected chi connectivity index (χ3v) is 4.77. The van der Waals surface area contributed by atoms with Gasteiger partial charge in [-0.2, -0.15) is 4.90 Å². The van der Waals surface area contributed by atoms with E-state index in [9.17, 15) is 9.59 Å². The lowest BCUT2D eigenvalue weighted by molar-refractivity contribution is 0.0354. The molecule has 7 nitrogen and oxygen atoms in total. The van der Waals surface area contributed by atoms with Crippen molar-refractivity contribution in [3.05, 3.63) is 36.7 Å². The maximum absolute atomic E-state index is 12.9. The first-order valence-corrected chi connectivity index (χ1v) is 9.32. The van der Waals surface area contributed by atoms with Gasteiger partial charge in [0.25, 0.3) is 0 Å². The van der Waals surface area contributed by atoms with Gasteiger partial charge in [0.05, 0.1) is 5.69 Å². The van der Waals surface area contributed by atoms with E-state index in [0.717, 1.165) is 10.3 Å². The number of pyridine rings is 1. The van der Waals surface area contributed by atoms with Crippen LogP contribution in [0, 0.1) is 0 Å². The van der Waals surface area contributed by atoms with Crippen LogP contribution in [-0.4, -0.2) is 33.3 Å². The molecule has 1 aromatic heterocycles. The van der Waals surface area contributed by atoms with E-state index in [-0.39, 0.29) is 0 Å². The van der Waals surface area contributed by atoms with Gasteiger partial charge in [0.15, 0.2) is 0 Å². The Labute approximate surface area is 166 Å². The second-order valence-corrected chi connectivity index (χ2v) is 8.55. The zero-order chi connectivity index (χ0) is 20.4. The van der Waals surface area contributed by atoms with Crippen LogP contribution in [0.5, 0.6) is 0 Å². The van der Waals surface area contributed by atoms with Gasteiger partial charge in [0.1, 0.15) is 16.2 Å². The highest BCUT2D eigenvalue weighted by Gasteiger charge is 2.36. The third-order valence-electron chi connectivity index (χ3n) is 3.67. The molecule has 0 aliphatic rings. The first kappa shape index (κ1) is 21.1. The van der Waals surface area contributed by atoms with Crippen LogP contribution in [0.2, 0.25) is 0 Å². The second-order valence-electron chi connectivity index (χ2n) is 7.56. The predicted molar refractivity (Wildman–Crippen MR) is 108 cm³/mol.